The Morgan fingerprint density at radius 1 is 1.18 bits per heavy atom. The summed E-state index contributed by atoms with van der Waals surface area (Å²) in [7, 11) is 1.91. The highest BCUT2D eigenvalue weighted by molar-refractivity contribution is 5.90. The van der Waals surface area contributed by atoms with Crippen molar-refractivity contribution in [2.24, 2.45) is 0 Å². The number of anilines is 1. The highest BCUT2D eigenvalue weighted by Gasteiger charge is 2.32. The lowest BCUT2D eigenvalue weighted by Crippen LogP contribution is -2.53. The fraction of sp³-hybridized carbons (Fsp3) is 0.435. The van der Waals surface area contributed by atoms with Crippen molar-refractivity contribution in [3.63, 3.8) is 0 Å². The van der Waals surface area contributed by atoms with Crippen LogP contribution in [0.1, 0.15) is 18.7 Å². The maximum absolute atomic E-state index is 14.8. The molecule has 1 amide bonds. The number of amides is 1. The van der Waals surface area contributed by atoms with Gasteiger partial charge in [-0.3, -0.25) is 14.7 Å². The molecule has 4 bridgehead atoms. The van der Waals surface area contributed by atoms with E-state index in [1.54, 1.807) is 18.6 Å². The second-order valence-electron chi connectivity index (χ2n) is 8.60. The van der Waals surface area contributed by atoms with Crippen molar-refractivity contribution in [2.45, 2.75) is 38.0 Å². The van der Waals surface area contributed by atoms with Crippen LogP contribution in [0, 0.1) is 6.92 Å². The lowest BCUT2D eigenvalue weighted by Gasteiger charge is -2.36. The molecule has 1 fully saturated rings. The van der Waals surface area contributed by atoms with Crippen LogP contribution >= 0.6 is 0 Å². The summed E-state index contributed by atoms with van der Waals surface area (Å²) in [6, 6.07) is 3.43. The molecule has 2 aliphatic rings. The molecule has 3 atom stereocenters. The summed E-state index contributed by atoms with van der Waals surface area (Å²) in [5.41, 5.74) is 2.62. The quantitative estimate of drug-likeness (QED) is 0.580. The monoisotopic (exact) mass is 451 g/mol. The van der Waals surface area contributed by atoms with Gasteiger partial charge >= 0.3 is 0 Å². The van der Waals surface area contributed by atoms with Gasteiger partial charge in [-0.05, 0) is 38.9 Å². The van der Waals surface area contributed by atoms with Crippen LogP contribution in [-0.2, 0) is 4.79 Å². The number of nitrogens with one attached hydrogen (secondary N) is 2. The number of nitrogens with zero attached hydrogens (tertiary/aromatic N) is 5. The lowest BCUT2D eigenvalue weighted by atomic mass is 9.97. The molecular formula is C23H26FN7O2. The maximum Gasteiger partial charge on any atom is 0.237 e. The molecule has 0 radical (unpaired) electrons. The summed E-state index contributed by atoms with van der Waals surface area (Å²) < 4.78 is 20.7. The van der Waals surface area contributed by atoms with Crippen LogP contribution in [0.3, 0.4) is 0 Å². The van der Waals surface area contributed by atoms with Crippen molar-refractivity contribution in [1.29, 1.82) is 0 Å². The van der Waals surface area contributed by atoms with E-state index in [0.29, 0.717) is 40.4 Å². The fourth-order valence-electron chi connectivity index (χ4n) is 4.32. The number of carbonyl (C=O) groups is 1. The van der Waals surface area contributed by atoms with Crippen molar-refractivity contribution in [1.82, 2.24) is 30.2 Å². The number of halogens is 1. The molecule has 33 heavy (non-hydrogen) atoms. The summed E-state index contributed by atoms with van der Waals surface area (Å²) in [5, 5.41) is 6.18. The molecule has 9 nitrogen and oxygen atoms in total. The van der Waals surface area contributed by atoms with Gasteiger partial charge in [0.25, 0.3) is 0 Å². The second kappa shape index (κ2) is 8.86. The summed E-state index contributed by atoms with van der Waals surface area (Å²) in [5.74, 6) is 1.48. The van der Waals surface area contributed by atoms with Crippen molar-refractivity contribution in [3.05, 3.63) is 36.5 Å². The summed E-state index contributed by atoms with van der Waals surface area (Å²) in [6.07, 6.45) is 5.16. The van der Waals surface area contributed by atoms with Gasteiger partial charge in [0.15, 0.2) is 11.9 Å². The minimum absolute atomic E-state index is 0.0471. The van der Waals surface area contributed by atoms with Crippen LogP contribution in [-0.4, -0.2) is 75.7 Å². The largest absolute Gasteiger partial charge is 0.487 e. The van der Waals surface area contributed by atoms with E-state index >= 15 is 0 Å². The van der Waals surface area contributed by atoms with Gasteiger partial charge in [-0.2, -0.15) is 0 Å². The Balaban J connectivity index is 1.59. The standard InChI is InChI=1S/C23H26FN7O2/c1-13-25-8-14(9-26-13)17-3-4-18-21-22(17)33-12-15(24)10-28-23(32)19-7-16(5-6-31(19)2)29-20(30-21)11-27-18/h3-4,8-9,11,15-16,19H,5-7,10,12H2,1-2H3,(H,28,32)(H,29,30)/t15?,16?,19-/m0/s1. The van der Waals surface area contributed by atoms with E-state index in [4.69, 9.17) is 9.72 Å². The molecule has 2 aromatic heterocycles. The van der Waals surface area contributed by atoms with E-state index in [9.17, 15) is 9.18 Å². The number of carbonyl (C=O) groups excluding carboxylic acids is 1. The van der Waals surface area contributed by atoms with E-state index in [0.717, 1.165) is 18.5 Å². The number of piperidine rings is 1. The van der Waals surface area contributed by atoms with Crippen molar-refractivity contribution in [2.75, 3.05) is 32.1 Å². The minimum Gasteiger partial charge on any atom is -0.487 e. The molecule has 1 saturated heterocycles. The Hall–Kier alpha value is -3.40. The van der Waals surface area contributed by atoms with E-state index < -0.39 is 6.17 Å². The van der Waals surface area contributed by atoms with Crippen molar-refractivity contribution < 1.29 is 13.9 Å². The summed E-state index contributed by atoms with van der Waals surface area (Å²) in [6.45, 7) is 2.21. The van der Waals surface area contributed by atoms with Gasteiger partial charge in [0, 0.05) is 36.1 Å². The molecule has 0 aliphatic carbocycles. The molecule has 0 saturated carbocycles. The number of fused-ring (bicyclic) bond motifs is 3. The average molecular weight is 452 g/mol. The van der Waals surface area contributed by atoms with Crippen LogP contribution in [0.25, 0.3) is 22.2 Å². The van der Waals surface area contributed by atoms with E-state index in [1.165, 1.54) is 0 Å². The molecule has 172 valence electrons. The predicted octanol–water partition coefficient (Wildman–Crippen LogP) is 2.12. The van der Waals surface area contributed by atoms with Gasteiger partial charge in [-0.15, -0.1) is 0 Å². The first kappa shape index (κ1) is 21.4. The smallest absolute Gasteiger partial charge is 0.237 e. The Bertz CT molecular complexity index is 1170. The Kier molecular flexibility index (Phi) is 5.76. The zero-order valence-electron chi connectivity index (χ0n) is 18.6. The van der Waals surface area contributed by atoms with E-state index in [2.05, 4.69) is 25.6 Å². The molecule has 4 heterocycles. The van der Waals surface area contributed by atoms with E-state index in [1.807, 2.05) is 31.0 Å². The number of hydrogen-bond donors (Lipinski definition) is 2. The van der Waals surface area contributed by atoms with Crippen LogP contribution in [0.4, 0.5) is 10.2 Å². The van der Waals surface area contributed by atoms with Crippen molar-refractivity contribution >= 4 is 22.8 Å². The van der Waals surface area contributed by atoms with Gasteiger partial charge < -0.3 is 15.4 Å². The highest BCUT2D eigenvalue weighted by Crippen LogP contribution is 2.36. The number of likely N-dealkylation sites (tertiary alicyclic amines) is 1. The third-order valence-corrected chi connectivity index (χ3v) is 6.19. The van der Waals surface area contributed by atoms with Crippen molar-refractivity contribution in [3.8, 4) is 16.9 Å². The molecule has 5 rings (SSSR count). The molecule has 2 N–H and O–H groups in total. The average Bonchev–Trinajstić information content (AvgIpc) is 2.82. The number of aryl methyl sites for hydroxylation is 1. The minimum atomic E-state index is -1.38. The van der Waals surface area contributed by atoms with Crippen LogP contribution < -0.4 is 15.4 Å². The van der Waals surface area contributed by atoms with Crippen LogP contribution in [0.2, 0.25) is 0 Å². The number of ether oxygens (including phenoxy) is 1. The Morgan fingerprint density at radius 2 is 2.00 bits per heavy atom. The molecule has 0 spiro atoms. The zero-order chi connectivity index (χ0) is 22.9. The normalized spacial score (nSPS) is 24.0. The number of rotatable bonds is 1. The van der Waals surface area contributed by atoms with Gasteiger partial charge in [-0.1, -0.05) is 0 Å². The van der Waals surface area contributed by atoms with Gasteiger partial charge in [-0.25, -0.2) is 19.3 Å². The van der Waals surface area contributed by atoms with Crippen LogP contribution in [0.15, 0.2) is 30.7 Å². The Labute approximate surface area is 190 Å². The molecule has 1 aromatic carbocycles. The zero-order valence-corrected chi connectivity index (χ0v) is 18.6. The van der Waals surface area contributed by atoms with Crippen LogP contribution in [0.5, 0.6) is 5.75 Å². The molecule has 3 aromatic rings. The number of hydrogen-bond acceptors (Lipinski definition) is 8. The molecule has 10 heteroatoms. The lowest BCUT2D eigenvalue weighted by molar-refractivity contribution is -0.127. The van der Waals surface area contributed by atoms with Gasteiger partial charge in [0.2, 0.25) is 5.91 Å². The number of benzene rings is 1. The third kappa shape index (κ3) is 4.43. The second-order valence-corrected chi connectivity index (χ2v) is 8.60. The molecular weight excluding hydrogens is 425 g/mol. The first-order valence-electron chi connectivity index (χ1n) is 11.1. The first-order chi connectivity index (χ1) is 16.0. The molecule has 2 aliphatic heterocycles. The SMILES string of the molecule is Cc1ncc(-c2ccc3ncc4nc3c2OCC(F)CNC(=O)[C@@H]2CC(CCN2C)N4)cn1. The number of likely N-dealkylation sites (N-methyl/N-ethyl adjacent to an activating group) is 1. The van der Waals surface area contributed by atoms with Gasteiger partial charge in [0.1, 0.15) is 23.8 Å². The predicted molar refractivity (Wildman–Crippen MR) is 122 cm³/mol. The fourth-order valence-corrected chi connectivity index (χ4v) is 4.32. The topological polar surface area (TPSA) is 105 Å². The third-order valence-electron chi connectivity index (χ3n) is 6.19. The van der Waals surface area contributed by atoms with Gasteiger partial charge in [0.05, 0.1) is 24.3 Å². The van der Waals surface area contributed by atoms with E-state index in [-0.39, 0.29) is 31.1 Å². The number of alkyl halides is 1. The highest BCUT2D eigenvalue weighted by atomic mass is 19.1. The number of aromatic nitrogens is 4. The summed E-state index contributed by atoms with van der Waals surface area (Å²) in [4.78, 5) is 32.6. The maximum atomic E-state index is 14.8. The summed E-state index contributed by atoms with van der Waals surface area (Å²) >= 11 is 0. The first-order valence-corrected chi connectivity index (χ1v) is 11.1. The molecule has 2 unspecified atom stereocenters. The Morgan fingerprint density at radius 3 is 2.82 bits per heavy atom.